The molecule has 1 aliphatic heterocycles. The van der Waals surface area contributed by atoms with Gasteiger partial charge in [-0.25, -0.2) is 0 Å². The molecule has 2 heterocycles. The van der Waals surface area contributed by atoms with E-state index < -0.39 is 5.41 Å². The summed E-state index contributed by atoms with van der Waals surface area (Å²) in [5.41, 5.74) is 0.507. The van der Waals surface area contributed by atoms with E-state index in [-0.39, 0.29) is 17.2 Å². The molecule has 1 fully saturated rings. The Labute approximate surface area is 169 Å². The summed E-state index contributed by atoms with van der Waals surface area (Å²) in [6.45, 7) is 6.83. The lowest BCUT2D eigenvalue weighted by atomic mass is 9.93. The van der Waals surface area contributed by atoms with Crippen molar-refractivity contribution in [2.75, 3.05) is 23.4 Å². The van der Waals surface area contributed by atoms with E-state index in [1.807, 2.05) is 54.5 Å². The quantitative estimate of drug-likeness (QED) is 0.802. The third kappa shape index (κ3) is 3.20. The molecule has 1 aliphatic carbocycles. The number of benzene rings is 1. The number of ether oxygens (including phenoxy) is 1. The largest absolute Gasteiger partial charge is 0.490 e. The summed E-state index contributed by atoms with van der Waals surface area (Å²) in [6, 6.07) is 9.61. The highest BCUT2D eigenvalue weighted by atomic mass is 32.1. The first-order valence-electron chi connectivity index (χ1n) is 9.82. The van der Waals surface area contributed by atoms with Gasteiger partial charge in [0, 0.05) is 23.2 Å². The van der Waals surface area contributed by atoms with Crippen molar-refractivity contribution in [1.82, 2.24) is 0 Å². The van der Waals surface area contributed by atoms with E-state index in [1.54, 1.807) is 11.3 Å². The molecule has 5 nitrogen and oxygen atoms in total. The fourth-order valence-electron chi connectivity index (χ4n) is 3.68. The van der Waals surface area contributed by atoms with Gasteiger partial charge in [-0.15, -0.1) is 11.3 Å². The third-order valence-electron chi connectivity index (χ3n) is 5.55. The van der Waals surface area contributed by atoms with Gasteiger partial charge in [-0.2, -0.15) is 0 Å². The molecule has 148 valence electrons. The summed E-state index contributed by atoms with van der Waals surface area (Å²) in [5, 5.41) is 5.08. The zero-order valence-electron chi connectivity index (χ0n) is 16.6. The topological polar surface area (TPSA) is 58.6 Å². The maximum Gasteiger partial charge on any atom is 0.236 e. The van der Waals surface area contributed by atoms with Crippen LogP contribution in [0.5, 0.6) is 5.75 Å². The Kier molecular flexibility index (Phi) is 4.70. The number of fused-ring (bicyclic) bond motifs is 1. The fraction of sp³-hybridized carbons (Fsp3) is 0.455. The average molecular weight is 399 g/mol. The summed E-state index contributed by atoms with van der Waals surface area (Å²) in [6.07, 6.45) is 2.63. The number of amides is 2. The Hall–Kier alpha value is -2.34. The van der Waals surface area contributed by atoms with E-state index in [4.69, 9.17) is 4.74 Å². The van der Waals surface area contributed by atoms with Gasteiger partial charge in [0.1, 0.15) is 12.4 Å². The van der Waals surface area contributed by atoms with Crippen molar-refractivity contribution < 1.29 is 14.3 Å². The third-order valence-corrected chi connectivity index (χ3v) is 6.62. The molecule has 28 heavy (non-hydrogen) atoms. The van der Waals surface area contributed by atoms with Gasteiger partial charge >= 0.3 is 0 Å². The molecule has 0 radical (unpaired) electrons. The first-order chi connectivity index (χ1) is 13.4. The lowest BCUT2D eigenvalue weighted by Crippen LogP contribution is -2.42. The summed E-state index contributed by atoms with van der Waals surface area (Å²) < 4.78 is 5.99. The normalized spacial score (nSPS) is 19.4. The lowest BCUT2D eigenvalue weighted by molar-refractivity contribution is -0.127. The molecule has 1 aromatic carbocycles. The Morgan fingerprint density at radius 2 is 2.07 bits per heavy atom. The summed E-state index contributed by atoms with van der Waals surface area (Å²) in [5.74, 6) is 0.746. The highest BCUT2D eigenvalue weighted by Crippen LogP contribution is 2.51. The number of anilines is 2. The van der Waals surface area contributed by atoms with Crippen molar-refractivity contribution in [3.05, 3.63) is 40.6 Å². The van der Waals surface area contributed by atoms with Gasteiger partial charge in [-0.3, -0.25) is 9.59 Å². The van der Waals surface area contributed by atoms with Crippen molar-refractivity contribution in [2.24, 2.45) is 5.41 Å². The van der Waals surface area contributed by atoms with Crippen molar-refractivity contribution in [2.45, 2.75) is 45.4 Å². The molecule has 1 N–H and O–H groups in total. The molecule has 0 unspecified atom stereocenters. The number of hydrogen-bond acceptors (Lipinski definition) is 4. The molecule has 0 bridgehead atoms. The van der Waals surface area contributed by atoms with Crippen LogP contribution in [0.4, 0.5) is 11.4 Å². The van der Waals surface area contributed by atoms with E-state index in [1.165, 1.54) is 0 Å². The van der Waals surface area contributed by atoms with Crippen molar-refractivity contribution in [3.8, 4) is 5.75 Å². The Morgan fingerprint density at radius 1 is 1.29 bits per heavy atom. The van der Waals surface area contributed by atoms with Crippen LogP contribution in [0.3, 0.4) is 0 Å². The maximum absolute atomic E-state index is 12.9. The predicted molar refractivity (Wildman–Crippen MR) is 112 cm³/mol. The number of hydrogen-bond donors (Lipinski definition) is 1. The Morgan fingerprint density at radius 3 is 2.71 bits per heavy atom. The van der Waals surface area contributed by atoms with E-state index in [9.17, 15) is 9.59 Å². The number of nitrogens with zero attached hydrogens (tertiary/aromatic N) is 1. The molecular weight excluding hydrogens is 372 g/mol. The second kappa shape index (κ2) is 6.92. The SMILES string of the molecule is CCCN1C(=O)C(C)(C)COc2cc(NC(=O)C3(c4cccs4)CC3)ccc21. The molecule has 2 aromatic rings. The van der Waals surface area contributed by atoms with Crippen molar-refractivity contribution in [3.63, 3.8) is 0 Å². The van der Waals surface area contributed by atoms with Gasteiger partial charge in [0.2, 0.25) is 11.8 Å². The van der Waals surface area contributed by atoms with Crippen LogP contribution in [0.15, 0.2) is 35.7 Å². The number of carbonyl (C=O) groups excluding carboxylic acids is 2. The van der Waals surface area contributed by atoms with Gasteiger partial charge in [0.15, 0.2) is 0 Å². The molecule has 2 amide bonds. The monoisotopic (exact) mass is 398 g/mol. The van der Waals surface area contributed by atoms with Crippen molar-refractivity contribution in [1.29, 1.82) is 0 Å². The minimum atomic E-state index is -0.588. The molecule has 4 rings (SSSR count). The smallest absolute Gasteiger partial charge is 0.236 e. The predicted octanol–water partition coefficient (Wildman–Crippen LogP) is 4.58. The van der Waals surface area contributed by atoms with Crippen molar-refractivity contribution >= 4 is 34.5 Å². The van der Waals surface area contributed by atoms with Gasteiger partial charge < -0.3 is 15.0 Å². The highest BCUT2D eigenvalue weighted by molar-refractivity contribution is 7.10. The fourth-order valence-corrected chi connectivity index (χ4v) is 4.67. The number of carbonyl (C=O) groups is 2. The lowest BCUT2D eigenvalue weighted by Gasteiger charge is -2.27. The van der Waals surface area contributed by atoms with E-state index >= 15 is 0 Å². The first-order valence-corrected chi connectivity index (χ1v) is 10.7. The number of nitrogens with one attached hydrogen (secondary N) is 1. The zero-order valence-corrected chi connectivity index (χ0v) is 17.4. The minimum absolute atomic E-state index is 0.0327. The van der Waals surface area contributed by atoms with Crippen LogP contribution >= 0.6 is 11.3 Å². The summed E-state index contributed by atoms with van der Waals surface area (Å²) in [4.78, 5) is 28.8. The molecule has 1 saturated carbocycles. The van der Waals surface area contributed by atoms with Crippen LogP contribution in [-0.4, -0.2) is 25.0 Å². The molecular formula is C22H26N2O3S. The molecule has 2 aliphatic rings. The number of rotatable bonds is 5. The molecule has 1 aromatic heterocycles. The van der Waals surface area contributed by atoms with Gasteiger partial charge in [0.05, 0.1) is 16.5 Å². The first kappa shape index (κ1) is 19.0. The van der Waals surface area contributed by atoms with Crippen LogP contribution in [-0.2, 0) is 15.0 Å². The average Bonchev–Trinajstić information content (AvgIpc) is 3.32. The van der Waals surface area contributed by atoms with Gasteiger partial charge in [-0.05, 0) is 56.7 Å². The maximum atomic E-state index is 12.9. The second-order valence-corrected chi connectivity index (χ2v) is 9.27. The summed E-state index contributed by atoms with van der Waals surface area (Å²) >= 11 is 1.63. The van der Waals surface area contributed by atoms with Gasteiger partial charge in [0.25, 0.3) is 0 Å². The van der Waals surface area contributed by atoms with E-state index in [2.05, 4.69) is 12.2 Å². The Bertz CT molecular complexity index is 901. The van der Waals surface area contributed by atoms with Crippen LogP contribution in [0.25, 0.3) is 0 Å². The highest BCUT2D eigenvalue weighted by Gasteiger charge is 2.52. The summed E-state index contributed by atoms with van der Waals surface area (Å²) in [7, 11) is 0. The van der Waals surface area contributed by atoms with E-state index in [0.29, 0.717) is 24.6 Å². The Balaban J connectivity index is 1.60. The van der Waals surface area contributed by atoms with Gasteiger partial charge in [-0.1, -0.05) is 13.0 Å². The standard InChI is InChI=1S/C22H26N2O3S/c1-4-11-24-16-8-7-15(13-17(16)27-14-21(2,3)20(24)26)23-19(25)22(9-10-22)18-6-5-12-28-18/h5-8,12-13H,4,9-11,14H2,1-3H3,(H,23,25). The minimum Gasteiger partial charge on any atom is -0.490 e. The zero-order chi connectivity index (χ0) is 19.9. The van der Waals surface area contributed by atoms with E-state index in [0.717, 1.165) is 29.8 Å². The van der Waals surface area contributed by atoms with Crippen LogP contribution in [0.1, 0.15) is 44.9 Å². The van der Waals surface area contributed by atoms with Crippen LogP contribution in [0.2, 0.25) is 0 Å². The number of thiophene rings is 1. The molecule has 0 spiro atoms. The molecule has 0 saturated heterocycles. The molecule has 0 atom stereocenters. The van der Waals surface area contributed by atoms with Crippen LogP contribution in [0, 0.1) is 5.41 Å². The second-order valence-electron chi connectivity index (χ2n) is 8.33. The van der Waals surface area contributed by atoms with Crippen LogP contribution < -0.4 is 15.0 Å². The molecule has 6 heteroatoms.